The second kappa shape index (κ2) is 7.86. The maximum atomic E-state index is 12.5. The van der Waals surface area contributed by atoms with Gasteiger partial charge in [-0.05, 0) is 62.4 Å². The monoisotopic (exact) mass is 362 g/mol. The zero-order valence-electron chi connectivity index (χ0n) is 15.6. The van der Waals surface area contributed by atoms with Crippen molar-refractivity contribution in [3.05, 3.63) is 71.5 Å². The number of aryl methyl sites for hydroxylation is 2. The van der Waals surface area contributed by atoms with Crippen molar-refractivity contribution in [1.29, 1.82) is 0 Å². The van der Waals surface area contributed by atoms with E-state index in [0.29, 0.717) is 23.4 Å². The van der Waals surface area contributed by atoms with Crippen LogP contribution in [0.4, 0.5) is 11.4 Å². The van der Waals surface area contributed by atoms with Crippen LogP contribution >= 0.6 is 0 Å². The highest BCUT2D eigenvalue weighted by Crippen LogP contribution is 2.18. The Labute approximate surface area is 158 Å². The van der Waals surface area contributed by atoms with Crippen LogP contribution in [-0.2, 0) is 4.79 Å². The number of amides is 2. The SMILES string of the molecule is CCC(=O)Nc1cccc(NC(=O)c2ccc(-n3nc(C)cc3C)cc2)c1. The summed E-state index contributed by atoms with van der Waals surface area (Å²) in [6.45, 7) is 5.73. The van der Waals surface area contributed by atoms with E-state index in [2.05, 4.69) is 15.7 Å². The first-order valence-electron chi connectivity index (χ1n) is 8.81. The molecular formula is C21H22N4O2. The van der Waals surface area contributed by atoms with Crippen LogP contribution in [0.3, 0.4) is 0 Å². The van der Waals surface area contributed by atoms with Crippen molar-refractivity contribution in [2.45, 2.75) is 27.2 Å². The summed E-state index contributed by atoms with van der Waals surface area (Å²) in [7, 11) is 0. The minimum atomic E-state index is -0.214. The van der Waals surface area contributed by atoms with E-state index < -0.39 is 0 Å². The molecule has 6 heteroatoms. The lowest BCUT2D eigenvalue weighted by Gasteiger charge is -2.09. The maximum Gasteiger partial charge on any atom is 0.255 e. The molecule has 0 saturated carbocycles. The molecule has 0 unspecified atom stereocenters. The molecule has 0 aliphatic carbocycles. The lowest BCUT2D eigenvalue weighted by molar-refractivity contribution is -0.115. The molecule has 1 aromatic heterocycles. The van der Waals surface area contributed by atoms with Crippen LogP contribution in [0.1, 0.15) is 35.1 Å². The lowest BCUT2D eigenvalue weighted by Crippen LogP contribution is -2.13. The molecule has 138 valence electrons. The average Bonchev–Trinajstić information content (AvgIpc) is 3.00. The average molecular weight is 362 g/mol. The lowest BCUT2D eigenvalue weighted by atomic mass is 10.2. The highest BCUT2D eigenvalue weighted by atomic mass is 16.2. The number of carbonyl (C=O) groups excluding carboxylic acids is 2. The van der Waals surface area contributed by atoms with Gasteiger partial charge in [0, 0.05) is 29.1 Å². The predicted molar refractivity (Wildman–Crippen MR) is 106 cm³/mol. The number of hydrogen-bond acceptors (Lipinski definition) is 3. The smallest absolute Gasteiger partial charge is 0.255 e. The van der Waals surface area contributed by atoms with Gasteiger partial charge in [-0.2, -0.15) is 5.10 Å². The predicted octanol–water partition coefficient (Wildman–Crippen LogP) is 4.09. The quantitative estimate of drug-likeness (QED) is 0.718. The Hall–Kier alpha value is -3.41. The molecule has 3 aromatic rings. The number of carbonyl (C=O) groups is 2. The van der Waals surface area contributed by atoms with Gasteiger partial charge in [-0.1, -0.05) is 13.0 Å². The molecule has 27 heavy (non-hydrogen) atoms. The molecule has 2 N–H and O–H groups in total. The van der Waals surface area contributed by atoms with Gasteiger partial charge in [0.1, 0.15) is 0 Å². The molecule has 0 bridgehead atoms. The molecule has 0 aliphatic rings. The van der Waals surface area contributed by atoms with Crippen molar-refractivity contribution in [2.75, 3.05) is 10.6 Å². The summed E-state index contributed by atoms with van der Waals surface area (Å²) < 4.78 is 1.84. The second-order valence-electron chi connectivity index (χ2n) is 6.32. The molecule has 2 aromatic carbocycles. The molecule has 6 nitrogen and oxygen atoms in total. The molecule has 0 spiro atoms. The van der Waals surface area contributed by atoms with E-state index in [1.165, 1.54) is 0 Å². The Morgan fingerprint density at radius 1 is 0.963 bits per heavy atom. The summed E-state index contributed by atoms with van der Waals surface area (Å²) in [5.41, 5.74) is 4.71. The van der Waals surface area contributed by atoms with Crippen LogP contribution in [0, 0.1) is 13.8 Å². The minimum Gasteiger partial charge on any atom is -0.326 e. The summed E-state index contributed by atoms with van der Waals surface area (Å²) in [6.07, 6.45) is 0.401. The molecule has 1 heterocycles. The Kier molecular flexibility index (Phi) is 5.35. The first-order valence-corrected chi connectivity index (χ1v) is 8.81. The summed E-state index contributed by atoms with van der Waals surface area (Å²) in [5.74, 6) is -0.285. The van der Waals surface area contributed by atoms with Crippen molar-refractivity contribution < 1.29 is 9.59 Å². The maximum absolute atomic E-state index is 12.5. The standard InChI is InChI=1S/C21H22N4O2/c1-4-20(26)22-17-6-5-7-18(13-17)23-21(27)16-8-10-19(11-9-16)25-15(3)12-14(2)24-25/h5-13H,4H2,1-3H3,(H,22,26)(H,23,27). The van der Waals surface area contributed by atoms with E-state index >= 15 is 0 Å². The van der Waals surface area contributed by atoms with Crippen LogP contribution in [0.2, 0.25) is 0 Å². The van der Waals surface area contributed by atoms with Crippen LogP contribution in [-0.4, -0.2) is 21.6 Å². The fourth-order valence-corrected chi connectivity index (χ4v) is 2.77. The normalized spacial score (nSPS) is 10.5. The first kappa shape index (κ1) is 18.4. The van der Waals surface area contributed by atoms with Crippen molar-refractivity contribution in [3.63, 3.8) is 0 Å². The number of rotatable bonds is 5. The van der Waals surface area contributed by atoms with Gasteiger partial charge in [0.15, 0.2) is 0 Å². The van der Waals surface area contributed by atoms with E-state index in [1.807, 2.05) is 36.7 Å². The third-order valence-electron chi connectivity index (χ3n) is 4.11. The minimum absolute atomic E-state index is 0.0711. The highest BCUT2D eigenvalue weighted by molar-refractivity contribution is 6.04. The van der Waals surface area contributed by atoms with Crippen molar-refractivity contribution >= 4 is 23.2 Å². The summed E-state index contributed by atoms with van der Waals surface area (Å²) >= 11 is 0. The van der Waals surface area contributed by atoms with Crippen LogP contribution in [0.5, 0.6) is 0 Å². The number of hydrogen-bond donors (Lipinski definition) is 2. The highest BCUT2D eigenvalue weighted by Gasteiger charge is 2.09. The summed E-state index contributed by atoms with van der Waals surface area (Å²) in [6, 6.07) is 16.4. The number of nitrogens with zero attached hydrogens (tertiary/aromatic N) is 2. The van der Waals surface area contributed by atoms with Gasteiger partial charge in [-0.25, -0.2) is 4.68 Å². The largest absolute Gasteiger partial charge is 0.326 e. The fourth-order valence-electron chi connectivity index (χ4n) is 2.77. The Morgan fingerprint density at radius 3 is 2.22 bits per heavy atom. The van der Waals surface area contributed by atoms with E-state index in [1.54, 1.807) is 43.3 Å². The molecule has 3 rings (SSSR count). The van der Waals surface area contributed by atoms with E-state index in [4.69, 9.17) is 0 Å². The number of benzene rings is 2. The third-order valence-corrected chi connectivity index (χ3v) is 4.11. The van der Waals surface area contributed by atoms with Gasteiger partial charge in [0.05, 0.1) is 11.4 Å². The van der Waals surface area contributed by atoms with E-state index in [0.717, 1.165) is 17.1 Å². The summed E-state index contributed by atoms with van der Waals surface area (Å²) in [5, 5.41) is 10.1. The van der Waals surface area contributed by atoms with Gasteiger partial charge < -0.3 is 10.6 Å². The molecular weight excluding hydrogens is 340 g/mol. The van der Waals surface area contributed by atoms with E-state index in [-0.39, 0.29) is 11.8 Å². The van der Waals surface area contributed by atoms with E-state index in [9.17, 15) is 9.59 Å². The molecule has 2 amide bonds. The number of anilines is 2. The third kappa shape index (κ3) is 4.41. The zero-order chi connectivity index (χ0) is 19.4. The molecule has 0 saturated heterocycles. The van der Waals surface area contributed by atoms with Gasteiger partial charge in [0.25, 0.3) is 5.91 Å². The van der Waals surface area contributed by atoms with Crippen LogP contribution < -0.4 is 10.6 Å². The second-order valence-corrected chi connectivity index (χ2v) is 6.32. The van der Waals surface area contributed by atoms with Gasteiger partial charge in [-0.15, -0.1) is 0 Å². The molecule has 0 atom stereocenters. The topological polar surface area (TPSA) is 76.0 Å². The zero-order valence-corrected chi connectivity index (χ0v) is 15.6. The van der Waals surface area contributed by atoms with Crippen molar-refractivity contribution in [1.82, 2.24) is 9.78 Å². The first-order chi connectivity index (χ1) is 13.0. The fraction of sp³-hybridized carbons (Fsp3) is 0.190. The molecule has 0 radical (unpaired) electrons. The van der Waals surface area contributed by atoms with Gasteiger partial charge >= 0.3 is 0 Å². The van der Waals surface area contributed by atoms with Gasteiger partial charge in [-0.3, -0.25) is 9.59 Å². The summed E-state index contributed by atoms with van der Waals surface area (Å²) in [4.78, 5) is 24.0. The Morgan fingerprint density at radius 2 is 1.63 bits per heavy atom. The number of nitrogens with one attached hydrogen (secondary N) is 2. The van der Waals surface area contributed by atoms with Crippen molar-refractivity contribution in [3.8, 4) is 5.69 Å². The number of aromatic nitrogens is 2. The van der Waals surface area contributed by atoms with Crippen LogP contribution in [0.15, 0.2) is 54.6 Å². The molecule has 0 fully saturated rings. The molecule has 0 aliphatic heterocycles. The van der Waals surface area contributed by atoms with Crippen LogP contribution in [0.25, 0.3) is 5.69 Å². The Bertz CT molecular complexity index is 974. The van der Waals surface area contributed by atoms with Crippen molar-refractivity contribution in [2.24, 2.45) is 0 Å². The Balaban J connectivity index is 1.72. The van der Waals surface area contributed by atoms with Gasteiger partial charge in [0.2, 0.25) is 5.91 Å².